The molecule has 0 aliphatic rings. The highest BCUT2D eigenvalue weighted by Gasteiger charge is 2.19. The Kier molecular flexibility index (Phi) is 5.59. The van der Waals surface area contributed by atoms with E-state index in [2.05, 4.69) is 23.6 Å². The Balaban J connectivity index is 1.67. The zero-order valence-corrected chi connectivity index (χ0v) is 18.1. The van der Waals surface area contributed by atoms with Crippen LogP contribution in [-0.2, 0) is 17.7 Å². The van der Waals surface area contributed by atoms with Crippen molar-refractivity contribution in [1.29, 1.82) is 0 Å². The molecule has 4 aromatic rings. The van der Waals surface area contributed by atoms with E-state index in [1.54, 1.807) is 44.2 Å². The lowest BCUT2D eigenvalue weighted by molar-refractivity contribution is 0.0206. The van der Waals surface area contributed by atoms with Crippen molar-refractivity contribution in [3.8, 4) is 5.75 Å². The number of benzene rings is 2. The van der Waals surface area contributed by atoms with E-state index in [0.717, 1.165) is 23.0 Å². The summed E-state index contributed by atoms with van der Waals surface area (Å²) in [6.07, 6.45) is 0.0546. The molecule has 0 bridgehead atoms. The van der Waals surface area contributed by atoms with Gasteiger partial charge in [-0.05, 0) is 49.9 Å². The Morgan fingerprint density at radius 3 is 2.57 bits per heavy atom. The monoisotopic (exact) mass is 420 g/mol. The first kappa shape index (κ1) is 20.2. The van der Waals surface area contributed by atoms with Gasteiger partial charge in [-0.2, -0.15) is 5.10 Å². The van der Waals surface area contributed by atoms with Crippen molar-refractivity contribution in [3.05, 3.63) is 82.2 Å². The number of carbonyl (C=O) groups is 1. The van der Waals surface area contributed by atoms with Gasteiger partial charge in [0.05, 0.1) is 17.8 Å². The number of fused-ring (bicyclic) bond motifs is 1. The third-order valence-electron chi connectivity index (χ3n) is 4.51. The average molecular weight is 421 g/mol. The lowest BCUT2D eigenvalue weighted by atomic mass is 10.1. The van der Waals surface area contributed by atoms with Crippen molar-refractivity contribution in [2.24, 2.45) is 0 Å². The van der Waals surface area contributed by atoms with E-state index in [4.69, 9.17) is 14.6 Å². The number of hydrogen-bond acceptors (Lipinski definition) is 5. The Morgan fingerprint density at radius 2 is 1.87 bits per heavy atom. The summed E-state index contributed by atoms with van der Waals surface area (Å²) in [7, 11) is 0. The first-order valence-electron chi connectivity index (χ1n) is 9.84. The zero-order valence-electron chi connectivity index (χ0n) is 17.3. The van der Waals surface area contributed by atoms with Crippen molar-refractivity contribution < 1.29 is 14.3 Å². The van der Waals surface area contributed by atoms with Crippen LogP contribution >= 0.6 is 11.3 Å². The van der Waals surface area contributed by atoms with Crippen LogP contribution in [0, 0.1) is 0 Å². The molecule has 0 amide bonds. The van der Waals surface area contributed by atoms with E-state index in [9.17, 15) is 4.79 Å². The van der Waals surface area contributed by atoms with Crippen LogP contribution in [0.25, 0.3) is 10.9 Å². The highest BCUT2D eigenvalue weighted by molar-refractivity contribution is 7.09. The fraction of sp³-hybridized carbons (Fsp3) is 0.250. The second-order valence-electron chi connectivity index (χ2n) is 8.09. The fourth-order valence-corrected chi connectivity index (χ4v) is 3.94. The Bertz CT molecular complexity index is 1140. The van der Waals surface area contributed by atoms with Crippen LogP contribution in [0.15, 0.2) is 66.0 Å². The molecule has 2 aromatic heterocycles. The van der Waals surface area contributed by atoms with E-state index in [1.165, 1.54) is 10.4 Å². The van der Waals surface area contributed by atoms with Gasteiger partial charge in [0.25, 0.3) is 0 Å². The molecule has 2 heterocycles. The molecule has 0 fully saturated rings. The minimum absolute atomic E-state index is 0.420. The maximum absolute atomic E-state index is 12.0. The predicted molar refractivity (Wildman–Crippen MR) is 119 cm³/mol. The third kappa shape index (κ3) is 4.89. The number of hydrogen-bond donors (Lipinski definition) is 0. The molecule has 0 radical (unpaired) electrons. The summed E-state index contributed by atoms with van der Waals surface area (Å²) in [6, 6.07) is 20.1. The summed E-state index contributed by atoms with van der Waals surface area (Å²) in [4.78, 5) is 13.3. The number of carbonyl (C=O) groups excluding carboxylic acids is 1. The average Bonchev–Trinajstić information content (AvgIpc) is 3.29. The molecule has 30 heavy (non-hydrogen) atoms. The minimum atomic E-state index is -0.718. The molecule has 0 saturated carbocycles. The molecule has 0 aliphatic heterocycles. The van der Waals surface area contributed by atoms with Crippen LogP contribution in [0.5, 0.6) is 5.75 Å². The molecule has 2 aromatic carbocycles. The Labute approximate surface area is 179 Å². The lowest BCUT2D eigenvalue weighted by Gasteiger charge is -2.18. The van der Waals surface area contributed by atoms with Gasteiger partial charge in [0.2, 0.25) is 0 Å². The molecule has 6 heteroatoms. The number of rotatable bonds is 5. The van der Waals surface area contributed by atoms with Crippen molar-refractivity contribution >= 4 is 28.4 Å². The minimum Gasteiger partial charge on any atom is -0.428 e. The number of thiophene rings is 1. The van der Waals surface area contributed by atoms with Gasteiger partial charge in [0.15, 0.2) is 0 Å². The van der Waals surface area contributed by atoms with Crippen LogP contribution < -0.4 is 4.74 Å². The van der Waals surface area contributed by atoms with Crippen molar-refractivity contribution in [1.82, 2.24) is 9.78 Å². The van der Waals surface area contributed by atoms with Crippen molar-refractivity contribution in [3.63, 3.8) is 0 Å². The molecule has 0 N–H and O–H groups in total. The van der Waals surface area contributed by atoms with E-state index in [-0.39, 0.29) is 0 Å². The quantitative estimate of drug-likeness (QED) is 0.291. The summed E-state index contributed by atoms with van der Waals surface area (Å²) in [6.45, 7) is 6.12. The molecule has 5 nitrogen and oxygen atoms in total. The molecule has 0 saturated heterocycles. The molecular formula is C24H24N2O3S. The highest BCUT2D eigenvalue weighted by atomic mass is 32.1. The van der Waals surface area contributed by atoms with E-state index in [0.29, 0.717) is 12.3 Å². The Morgan fingerprint density at radius 1 is 1.07 bits per heavy atom. The molecular weight excluding hydrogens is 396 g/mol. The number of aromatic nitrogens is 2. The molecule has 0 atom stereocenters. The second-order valence-corrected chi connectivity index (χ2v) is 9.12. The van der Waals surface area contributed by atoms with Crippen LogP contribution in [0.1, 0.15) is 36.9 Å². The first-order valence-corrected chi connectivity index (χ1v) is 10.7. The Hall–Kier alpha value is -3.12. The number of ether oxygens (including phenoxy) is 2. The largest absolute Gasteiger partial charge is 0.514 e. The topological polar surface area (TPSA) is 53.4 Å². The molecule has 0 aliphatic carbocycles. The van der Waals surface area contributed by atoms with Gasteiger partial charge in [-0.15, -0.1) is 11.3 Å². The molecule has 4 rings (SSSR count). The van der Waals surface area contributed by atoms with Gasteiger partial charge in [0, 0.05) is 22.8 Å². The van der Waals surface area contributed by atoms with E-state index >= 15 is 0 Å². The summed E-state index contributed by atoms with van der Waals surface area (Å²) in [5, 5.41) is 7.94. The van der Waals surface area contributed by atoms with Crippen LogP contribution in [0.4, 0.5) is 4.79 Å². The molecule has 0 unspecified atom stereocenters. The van der Waals surface area contributed by atoms with E-state index in [1.807, 2.05) is 35.0 Å². The maximum atomic E-state index is 12.0. The highest BCUT2D eigenvalue weighted by Crippen LogP contribution is 2.27. The summed E-state index contributed by atoms with van der Waals surface area (Å²) >= 11 is 1.71. The summed E-state index contributed by atoms with van der Waals surface area (Å²) in [5.41, 5.74) is 2.54. The van der Waals surface area contributed by atoms with Gasteiger partial charge in [-0.3, -0.25) is 4.68 Å². The molecule has 154 valence electrons. The zero-order chi connectivity index (χ0) is 21.1. The van der Waals surface area contributed by atoms with E-state index < -0.39 is 11.8 Å². The van der Waals surface area contributed by atoms with Gasteiger partial charge in [-0.25, -0.2) is 4.79 Å². The predicted octanol–water partition coefficient (Wildman–Crippen LogP) is 6.05. The van der Waals surface area contributed by atoms with Gasteiger partial charge in [-0.1, -0.05) is 36.4 Å². The molecule has 0 spiro atoms. The normalized spacial score (nSPS) is 11.6. The van der Waals surface area contributed by atoms with Gasteiger partial charge < -0.3 is 9.47 Å². The van der Waals surface area contributed by atoms with Gasteiger partial charge >= 0.3 is 6.16 Å². The maximum Gasteiger partial charge on any atom is 0.514 e. The first-order chi connectivity index (χ1) is 14.4. The number of nitrogens with zero attached hydrogens (tertiary/aromatic N) is 2. The fourth-order valence-electron chi connectivity index (χ4n) is 3.25. The van der Waals surface area contributed by atoms with Crippen molar-refractivity contribution in [2.45, 2.75) is 39.3 Å². The van der Waals surface area contributed by atoms with Crippen LogP contribution in [-0.4, -0.2) is 21.5 Å². The lowest BCUT2D eigenvalue weighted by Crippen LogP contribution is -2.25. The third-order valence-corrected chi connectivity index (χ3v) is 5.37. The summed E-state index contributed by atoms with van der Waals surface area (Å²) < 4.78 is 12.7. The second kappa shape index (κ2) is 8.32. The smallest absolute Gasteiger partial charge is 0.428 e. The van der Waals surface area contributed by atoms with Crippen LogP contribution in [0.3, 0.4) is 0 Å². The summed E-state index contributed by atoms with van der Waals surface area (Å²) in [5.74, 6) is 0.420. The SMILES string of the molecule is CC(C)(C)OC(=O)Oc1ccc2c(Cc3ccccc3)n(Cc3cccs3)nc2c1. The van der Waals surface area contributed by atoms with Gasteiger partial charge in [0.1, 0.15) is 11.4 Å². The standard InChI is InChI=1S/C24H24N2O3S/c1-24(2,3)29-23(27)28-18-11-12-20-21(15-18)25-26(16-19-10-7-13-30-19)22(20)14-17-8-5-4-6-9-17/h4-13,15H,14,16H2,1-3H3. The van der Waals surface area contributed by atoms with Crippen LogP contribution in [0.2, 0.25) is 0 Å². The van der Waals surface area contributed by atoms with Crippen molar-refractivity contribution in [2.75, 3.05) is 0 Å².